The second-order valence-electron chi connectivity index (χ2n) is 3.34. The van der Waals surface area contributed by atoms with Crippen LogP contribution in [0.1, 0.15) is 6.42 Å². The third kappa shape index (κ3) is 2.47. The molecule has 0 aliphatic carbocycles. The molecule has 1 aliphatic heterocycles. The van der Waals surface area contributed by atoms with Crippen molar-refractivity contribution in [2.45, 2.75) is 12.3 Å². The predicted molar refractivity (Wildman–Crippen MR) is 61.5 cm³/mol. The molecule has 0 radical (unpaired) electrons. The van der Waals surface area contributed by atoms with Gasteiger partial charge in [0.1, 0.15) is 5.82 Å². The number of anilines is 1. The summed E-state index contributed by atoms with van der Waals surface area (Å²) in [5.41, 5.74) is 0. The van der Waals surface area contributed by atoms with Crippen LogP contribution in [0.15, 0.2) is 6.20 Å². The van der Waals surface area contributed by atoms with Gasteiger partial charge in [0.25, 0.3) is 5.92 Å². The van der Waals surface area contributed by atoms with Gasteiger partial charge >= 0.3 is 0 Å². The first-order valence-corrected chi connectivity index (χ1v) is 5.74. The molecule has 1 aromatic rings. The average Bonchev–Trinajstić information content (AvgIpc) is 2.50. The summed E-state index contributed by atoms with van der Waals surface area (Å²) in [6, 6.07) is 0. The fourth-order valence-electron chi connectivity index (χ4n) is 1.48. The standard InChI is InChI=1S/C8H7ClF2IN3/c9-7-13-3-5(12)6(14-7)15-2-1-8(10,11)4-15/h3H,1-2,4H2. The van der Waals surface area contributed by atoms with Crippen molar-refractivity contribution >= 4 is 40.0 Å². The molecule has 2 rings (SSSR count). The summed E-state index contributed by atoms with van der Waals surface area (Å²) in [6.07, 6.45) is 1.40. The van der Waals surface area contributed by atoms with Gasteiger partial charge in [0, 0.05) is 19.2 Å². The van der Waals surface area contributed by atoms with E-state index in [1.165, 1.54) is 11.1 Å². The Balaban J connectivity index is 2.27. The Morgan fingerprint density at radius 3 is 2.87 bits per heavy atom. The smallest absolute Gasteiger partial charge is 0.266 e. The molecule has 1 fully saturated rings. The number of halogens is 4. The molecule has 1 aromatic heterocycles. The monoisotopic (exact) mass is 345 g/mol. The van der Waals surface area contributed by atoms with Crippen LogP contribution in [0.4, 0.5) is 14.6 Å². The van der Waals surface area contributed by atoms with Crippen molar-refractivity contribution in [3.8, 4) is 0 Å². The summed E-state index contributed by atoms with van der Waals surface area (Å²) < 4.78 is 26.7. The van der Waals surface area contributed by atoms with Crippen LogP contribution in [0.2, 0.25) is 5.28 Å². The second-order valence-corrected chi connectivity index (χ2v) is 4.84. The lowest BCUT2D eigenvalue weighted by Crippen LogP contribution is -2.26. The van der Waals surface area contributed by atoms with E-state index >= 15 is 0 Å². The number of hydrogen-bond acceptors (Lipinski definition) is 3. The number of aromatic nitrogens is 2. The quantitative estimate of drug-likeness (QED) is 0.579. The van der Waals surface area contributed by atoms with E-state index in [0.717, 1.165) is 3.57 Å². The van der Waals surface area contributed by atoms with Gasteiger partial charge in [0.05, 0.1) is 10.1 Å². The van der Waals surface area contributed by atoms with Gasteiger partial charge in [0.15, 0.2) is 0 Å². The van der Waals surface area contributed by atoms with Gasteiger partial charge in [-0.25, -0.2) is 13.8 Å². The predicted octanol–water partition coefficient (Wildman–Crippen LogP) is 2.58. The Morgan fingerprint density at radius 2 is 2.27 bits per heavy atom. The topological polar surface area (TPSA) is 29.0 Å². The highest BCUT2D eigenvalue weighted by atomic mass is 127. The Hall–Kier alpha value is -0.240. The van der Waals surface area contributed by atoms with Gasteiger partial charge in [-0.2, -0.15) is 4.98 Å². The van der Waals surface area contributed by atoms with E-state index in [1.54, 1.807) is 0 Å². The molecular weight excluding hydrogens is 338 g/mol. The number of hydrogen-bond donors (Lipinski definition) is 0. The largest absolute Gasteiger partial charge is 0.349 e. The lowest BCUT2D eigenvalue weighted by atomic mass is 10.3. The first-order valence-electron chi connectivity index (χ1n) is 4.29. The van der Waals surface area contributed by atoms with Crippen molar-refractivity contribution in [2.24, 2.45) is 0 Å². The van der Waals surface area contributed by atoms with E-state index < -0.39 is 5.92 Å². The van der Waals surface area contributed by atoms with Crippen LogP contribution in [-0.2, 0) is 0 Å². The molecule has 0 saturated carbocycles. The summed E-state index contributed by atoms with van der Waals surface area (Å²) in [4.78, 5) is 9.28. The Kier molecular flexibility index (Phi) is 2.98. The van der Waals surface area contributed by atoms with Gasteiger partial charge in [-0.05, 0) is 34.2 Å². The summed E-state index contributed by atoms with van der Waals surface area (Å²) in [5.74, 6) is -2.13. The van der Waals surface area contributed by atoms with E-state index in [-0.39, 0.29) is 18.2 Å². The zero-order valence-corrected chi connectivity index (χ0v) is 10.5. The molecule has 0 unspecified atom stereocenters. The van der Waals surface area contributed by atoms with Gasteiger partial charge < -0.3 is 4.90 Å². The fraction of sp³-hybridized carbons (Fsp3) is 0.500. The summed E-state index contributed by atoms with van der Waals surface area (Å²) in [7, 11) is 0. The van der Waals surface area contributed by atoms with E-state index in [4.69, 9.17) is 11.6 Å². The van der Waals surface area contributed by atoms with E-state index in [9.17, 15) is 8.78 Å². The third-order valence-electron chi connectivity index (χ3n) is 2.17. The Morgan fingerprint density at radius 1 is 1.53 bits per heavy atom. The molecule has 0 amide bonds. The molecule has 0 bridgehead atoms. The normalized spacial score (nSPS) is 19.6. The van der Waals surface area contributed by atoms with Crippen molar-refractivity contribution in [3.05, 3.63) is 15.1 Å². The minimum absolute atomic E-state index is 0.0839. The van der Waals surface area contributed by atoms with E-state index in [1.807, 2.05) is 22.6 Å². The highest BCUT2D eigenvalue weighted by Gasteiger charge is 2.39. The van der Waals surface area contributed by atoms with Crippen molar-refractivity contribution in [2.75, 3.05) is 18.0 Å². The van der Waals surface area contributed by atoms with Crippen LogP contribution in [0, 0.1) is 3.57 Å². The van der Waals surface area contributed by atoms with Gasteiger partial charge in [0.2, 0.25) is 5.28 Å². The maximum atomic E-state index is 13.0. The van der Waals surface area contributed by atoms with Gasteiger partial charge in [-0.15, -0.1) is 0 Å². The fourth-order valence-corrected chi connectivity index (χ4v) is 2.21. The molecule has 3 nitrogen and oxygen atoms in total. The van der Waals surface area contributed by atoms with Crippen LogP contribution < -0.4 is 4.90 Å². The summed E-state index contributed by atoms with van der Waals surface area (Å²) in [5, 5.41) is 0.0839. The Bertz CT molecular complexity index is 388. The molecule has 0 aromatic carbocycles. The zero-order chi connectivity index (χ0) is 11.1. The maximum absolute atomic E-state index is 13.0. The van der Waals surface area contributed by atoms with Crippen LogP contribution in [0.5, 0.6) is 0 Å². The highest BCUT2D eigenvalue weighted by molar-refractivity contribution is 14.1. The molecule has 2 heterocycles. The number of alkyl halides is 2. The van der Waals surface area contributed by atoms with Crippen LogP contribution in [0.25, 0.3) is 0 Å². The highest BCUT2D eigenvalue weighted by Crippen LogP contribution is 2.32. The van der Waals surface area contributed by atoms with Crippen molar-refractivity contribution < 1.29 is 8.78 Å². The molecule has 15 heavy (non-hydrogen) atoms. The zero-order valence-electron chi connectivity index (χ0n) is 7.55. The average molecular weight is 346 g/mol. The van der Waals surface area contributed by atoms with Crippen LogP contribution in [0.3, 0.4) is 0 Å². The van der Waals surface area contributed by atoms with Crippen LogP contribution in [-0.4, -0.2) is 29.0 Å². The molecule has 1 saturated heterocycles. The molecule has 0 N–H and O–H groups in total. The third-order valence-corrected chi connectivity index (χ3v) is 3.11. The first kappa shape index (κ1) is 11.3. The number of rotatable bonds is 1. The molecule has 0 spiro atoms. The first-order chi connectivity index (χ1) is 6.98. The minimum atomic E-state index is -2.62. The van der Waals surface area contributed by atoms with Crippen LogP contribution >= 0.6 is 34.2 Å². The van der Waals surface area contributed by atoms with Crippen molar-refractivity contribution in [1.29, 1.82) is 0 Å². The molecular formula is C8H7ClF2IN3. The van der Waals surface area contributed by atoms with E-state index in [2.05, 4.69) is 9.97 Å². The summed E-state index contributed by atoms with van der Waals surface area (Å²) >= 11 is 7.63. The Labute approximate surface area is 104 Å². The lowest BCUT2D eigenvalue weighted by molar-refractivity contribution is 0.0256. The minimum Gasteiger partial charge on any atom is -0.349 e. The second kappa shape index (κ2) is 3.97. The van der Waals surface area contributed by atoms with Gasteiger partial charge in [-0.1, -0.05) is 0 Å². The molecule has 1 aliphatic rings. The molecule has 0 atom stereocenters. The molecule has 82 valence electrons. The van der Waals surface area contributed by atoms with Crippen molar-refractivity contribution in [1.82, 2.24) is 9.97 Å². The molecule has 7 heteroatoms. The summed E-state index contributed by atoms with van der Waals surface area (Å²) in [6.45, 7) is 0.00663. The van der Waals surface area contributed by atoms with Crippen molar-refractivity contribution in [3.63, 3.8) is 0 Å². The lowest BCUT2D eigenvalue weighted by Gasteiger charge is -2.17. The number of nitrogens with zero attached hydrogens (tertiary/aromatic N) is 3. The van der Waals surface area contributed by atoms with Gasteiger partial charge in [-0.3, -0.25) is 0 Å². The SMILES string of the molecule is FC1(F)CCN(c2nc(Cl)ncc2I)C1. The maximum Gasteiger partial charge on any atom is 0.266 e. The van der Waals surface area contributed by atoms with E-state index in [0.29, 0.717) is 12.4 Å².